The summed E-state index contributed by atoms with van der Waals surface area (Å²) in [6.07, 6.45) is 0.350. The van der Waals surface area contributed by atoms with Gasteiger partial charge in [0.1, 0.15) is 5.71 Å². The Morgan fingerprint density at radius 2 is 2.00 bits per heavy atom. The minimum absolute atomic E-state index is 0.00926. The van der Waals surface area contributed by atoms with Crippen molar-refractivity contribution in [1.82, 2.24) is 0 Å². The molecule has 3 nitrogen and oxygen atoms in total. The van der Waals surface area contributed by atoms with Crippen molar-refractivity contribution in [3.8, 4) is 0 Å². The number of carbonyl (C=O) groups is 1. The quantitative estimate of drug-likeness (QED) is 0.377. The number of aldehydes is 1. The molecule has 0 unspecified atom stereocenters. The molecule has 0 radical (unpaired) electrons. The molecule has 0 aromatic carbocycles. The van der Waals surface area contributed by atoms with Crippen LogP contribution in [0.3, 0.4) is 0 Å². The summed E-state index contributed by atoms with van der Waals surface area (Å²) in [7, 11) is 0. The molecule has 0 aromatic heterocycles. The van der Waals surface area contributed by atoms with Crippen molar-refractivity contribution in [3.63, 3.8) is 0 Å². The summed E-state index contributed by atoms with van der Waals surface area (Å²) in [6.45, 7) is 1.40. The van der Waals surface area contributed by atoms with E-state index in [1.54, 1.807) is 0 Å². The second-order valence-electron chi connectivity index (χ2n) is 1.16. The Bertz CT molecular complexity index is 117. The first-order chi connectivity index (χ1) is 3.18. The van der Waals surface area contributed by atoms with Crippen LogP contribution in [0.15, 0.2) is 0 Å². The van der Waals surface area contributed by atoms with Crippen LogP contribution in [0, 0.1) is 10.8 Å². The smallest absolute Gasteiger partial charge is 0.169 e. The summed E-state index contributed by atoms with van der Waals surface area (Å²) in [4.78, 5) is 9.58. The number of nitrogens with one attached hydrogen (secondary N) is 2. The highest BCUT2D eigenvalue weighted by atomic mass is 16.1. The molecule has 0 aromatic rings. The lowest BCUT2D eigenvalue weighted by Gasteiger charge is -1.82. The van der Waals surface area contributed by atoms with E-state index < -0.39 is 0 Å². The normalized spacial score (nSPS) is 7.57. The van der Waals surface area contributed by atoms with Crippen LogP contribution in [0.5, 0.6) is 0 Å². The van der Waals surface area contributed by atoms with Crippen LogP contribution in [0.1, 0.15) is 6.92 Å². The van der Waals surface area contributed by atoms with E-state index in [4.69, 9.17) is 10.8 Å². The largest absolute Gasteiger partial charge is 0.303 e. The van der Waals surface area contributed by atoms with E-state index in [0.717, 1.165) is 0 Å². The van der Waals surface area contributed by atoms with Crippen molar-refractivity contribution < 1.29 is 4.79 Å². The average molecular weight is 98.1 g/mol. The van der Waals surface area contributed by atoms with E-state index in [1.165, 1.54) is 6.92 Å². The van der Waals surface area contributed by atoms with E-state index in [1.807, 2.05) is 0 Å². The van der Waals surface area contributed by atoms with Gasteiger partial charge in [-0.05, 0) is 6.92 Å². The Labute approximate surface area is 41.4 Å². The SMILES string of the molecule is CC(=N)C(=N)C=O. The van der Waals surface area contributed by atoms with Crippen molar-refractivity contribution in [3.05, 3.63) is 0 Å². The first-order valence-corrected chi connectivity index (χ1v) is 1.77. The van der Waals surface area contributed by atoms with Crippen LogP contribution in [-0.2, 0) is 4.79 Å². The van der Waals surface area contributed by atoms with E-state index in [0.29, 0.717) is 6.29 Å². The zero-order valence-corrected chi connectivity index (χ0v) is 3.99. The van der Waals surface area contributed by atoms with Crippen molar-refractivity contribution in [1.29, 1.82) is 10.8 Å². The van der Waals surface area contributed by atoms with Gasteiger partial charge in [0.25, 0.3) is 0 Å². The summed E-state index contributed by atoms with van der Waals surface area (Å²) in [6, 6.07) is 0. The molecule has 0 fully saturated rings. The summed E-state index contributed by atoms with van der Waals surface area (Å²) >= 11 is 0. The van der Waals surface area contributed by atoms with Gasteiger partial charge in [-0.25, -0.2) is 0 Å². The van der Waals surface area contributed by atoms with Crippen LogP contribution < -0.4 is 0 Å². The Morgan fingerprint density at radius 1 is 1.57 bits per heavy atom. The van der Waals surface area contributed by atoms with E-state index in [9.17, 15) is 4.79 Å². The van der Waals surface area contributed by atoms with Gasteiger partial charge in [-0.1, -0.05) is 0 Å². The van der Waals surface area contributed by atoms with Crippen molar-refractivity contribution in [2.75, 3.05) is 0 Å². The summed E-state index contributed by atoms with van der Waals surface area (Å²) in [5.41, 5.74) is -0.241. The fourth-order valence-electron chi connectivity index (χ4n) is 0.0884. The highest BCUT2D eigenvalue weighted by Gasteiger charge is 1.91. The molecule has 0 aliphatic rings. The number of hydrogen-bond donors (Lipinski definition) is 2. The van der Waals surface area contributed by atoms with Gasteiger partial charge in [-0.3, -0.25) is 10.2 Å². The van der Waals surface area contributed by atoms with Crippen LogP contribution in [-0.4, -0.2) is 17.7 Å². The molecule has 0 rings (SSSR count). The molecular formula is C4H6N2O. The summed E-state index contributed by atoms with van der Waals surface area (Å²) in [5, 5.41) is 13.2. The minimum Gasteiger partial charge on any atom is -0.303 e. The number of rotatable bonds is 2. The topological polar surface area (TPSA) is 64.8 Å². The lowest BCUT2D eigenvalue weighted by atomic mass is 10.3. The zero-order valence-electron chi connectivity index (χ0n) is 3.99. The van der Waals surface area contributed by atoms with E-state index in [-0.39, 0.29) is 11.4 Å². The predicted molar refractivity (Wildman–Crippen MR) is 27.2 cm³/mol. The third-order valence-electron chi connectivity index (χ3n) is 0.522. The zero-order chi connectivity index (χ0) is 5.86. The molecule has 0 atom stereocenters. The van der Waals surface area contributed by atoms with E-state index in [2.05, 4.69) is 0 Å². The molecule has 0 heterocycles. The standard InChI is InChI=1S/C4H6N2O/c1-3(5)4(6)2-7/h2,5-6H,1H3. The van der Waals surface area contributed by atoms with Crippen LogP contribution in [0.25, 0.3) is 0 Å². The Balaban J connectivity index is 3.81. The fraction of sp³-hybridized carbons (Fsp3) is 0.250. The summed E-state index contributed by atoms with van der Waals surface area (Å²) in [5.74, 6) is 0. The van der Waals surface area contributed by atoms with Gasteiger partial charge >= 0.3 is 0 Å². The summed E-state index contributed by atoms with van der Waals surface area (Å²) < 4.78 is 0. The Hall–Kier alpha value is -0.990. The maximum absolute atomic E-state index is 9.58. The van der Waals surface area contributed by atoms with Gasteiger partial charge in [0.2, 0.25) is 0 Å². The lowest BCUT2D eigenvalue weighted by molar-refractivity contribution is -0.102. The Kier molecular flexibility index (Phi) is 1.91. The van der Waals surface area contributed by atoms with Crippen LogP contribution in [0.2, 0.25) is 0 Å². The third kappa shape index (κ3) is 1.81. The predicted octanol–water partition coefficient (Wildman–Crippen LogP) is 0.245. The molecule has 0 spiro atoms. The number of carbonyl (C=O) groups excluding carboxylic acids is 1. The minimum atomic E-state index is -0.250. The molecule has 0 aliphatic carbocycles. The maximum atomic E-state index is 9.58. The highest BCUT2D eigenvalue weighted by Crippen LogP contribution is 1.67. The van der Waals surface area contributed by atoms with Crippen molar-refractivity contribution in [2.45, 2.75) is 6.92 Å². The van der Waals surface area contributed by atoms with Gasteiger partial charge < -0.3 is 5.41 Å². The third-order valence-corrected chi connectivity index (χ3v) is 0.522. The molecule has 0 aliphatic heterocycles. The molecule has 2 N–H and O–H groups in total. The second kappa shape index (κ2) is 2.23. The number of hydrogen-bond acceptors (Lipinski definition) is 3. The van der Waals surface area contributed by atoms with Crippen molar-refractivity contribution >= 4 is 17.7 Å². The van der Waals surface area contributed by atoms with E-state index >= 15 is 0 Å². The second-order valence-corrected chi connectivity index (χ2v) is 1.16. The average Bonchev–Trinajstić information content (AvgIpc) is 1.65. The molecule has 0 amide bonds. The molecule has 38 valence electrons. The van der Waals surface area contributed by atoms with Gasteiger partial charge in [-0.2, -0.15) is 0 Å². The Morgan fingerprint density at radius 3 is 2.00 bits per heavy atom. The monoisotopic (exact) mass is 98.0 g/mol. The van der Waals surface area contributed by atoms with Gasteiger partial charge in [-0.15, -0.1) is 0 Å². The molecule has 0 saturated carbocycles. The molecule has 0 bridgehead atoms. The first-order valence-electron chi connectivity index (χ1n) is 1.77. The molecular weight excluding hydrogens is 92.1 g/mol. The maximum Gasteiger partial charge on any atom is 0.169 e. The van der Waals surface area contributed by atoms with Crippen molar-refractivity contribution in [2.24, 2.45) is 0 Å². The van der Waals surface area contributed by atoms with Gasteiger partial charge in [0.05, 0.1) is 5.71 Å². The highest BCUT2D eigenvalue weighted by molar-refractivity contribution is 6.59. The first kappa shape index (κ1) is 6.01. The fourth-order valence-corrected chi connectivity index (χ4v) is 0.0884. The molecule has 3 heteroatoms. The lowest BCUT2D eigenvalue weighted by Crippen LogP contribution is -2.07. The van der Waals surface area contributed by atoms with Crippen LogP contribution in [0.4, 0.5) is 0 Å². The van der Waals surface area contributed by atoms with Crippen LogP contribution >= 0.6 is 0 Å². The molecule has 7 heavy (non-hydrogen) atoms. The molecule has 0 saturated heterocycles. The van der Waals surface area contributed by atoms with Gasteiger partial charge in [0.15, 0.2) is 6.29 Å². The van der Waals surface area contributed by atoms with Gasteiger partial charge in [0, 0.05) is 0 Å².